The summed E-state index contributed by atoms with van der Waals surface area (Å²) in [5, 5.41) is 0.928. The molecule has 3 nitrogen and oxygen atoms in total. The van der Waals surface area contributed by atoms with E-state index in [1.807, 2.05) is 25.1 Å². The fraction of sp³-hybridized carbons (Fsp3) is 0.200. The molecule has 1 heterocycles. The van der Waals surface area contributed by atoms with Gasteiger partial charge in [-0.2, -0.15) is 4.37 Å². The van der Waals surface area contributed by atoms with E-state index in [4.69, 9.17) is 4.74 Å². The summed E-state index contributed by atoms with van der Waals surface area (Å²) in [5.41, 5.74) is 2.18. The van der Waals surface area contributed by atoms with Crippen LogP contribution < -0.4 is 4.74 Å². The average molecular weight is 332 g/mol. The zero-order valence-corrected chi connectivity index (χ0v) is 11.3. The lowest BCUT2D eigenvalue weighted by Gasteiger charge is -2.05. The molecule has 1 aromatic carbocycles. The summed E-state index contributed by atoms with van der Waals surface area (Å²) in [7, 11) is 1.68. The molecule has 0 atom stereocenters. The average Bonchev–Trinajstić information content (AvgIpc) is 2.66. The Labute approximate surface area is 106 Å². The molecule has 15 heavy (non-hydrogen) atoms. The molecule has 0 saturated heterocycles. The van der Waals surface area contributed by atoms with E-state index in [2.05, 4.69) is 31.9 Å². The number of ether oxygens (including phenoxy) is 1. The molecule has 2 rings (SSSR count). The second-order valence-electron chi connectivity index (χ2n) is 3.05. The van der Waals surface area contributed by atoms with Gasteiger partial charge in [0.05, 0.1) is 7.11 Å². The monoisotopic (exact) mass is 332 g/mol. The molecule has 0 saturated carbocycles. The van der Waals surface area contributed by atoms with Crippen LogP contribution in [0.3, 0.4) is 0 Å². The smallest absolute Gasteiger partial charge is 0.203 e. The number of benzene rings is 1. The molecule has 0 bridgehead atoms. The zero-order valence-electron chi connectivity index (χ0n) is 8.32. The van der Waals surface area contributed by atoms with Crippen LogP contribution in [0, 0.1) is 10.8 Å². The van der Waals surface area contributed by atoms with Crippen molar-refractivity contribution in [2.24, 2.45) is 0 Å². The SMILES string of the molecule is COc1cc(-c2nc(I)ns2)ccc1C. The van der Waals surface area contributed by atoms with Crippen molar-refractivity contribution in [1.29, 1.82) is 0 Å². The van der Waals surface area contributed by atoms with E-state index < -0.39 is 0 Å². The maximum atomic E-state index is 5.27. The quantitative estimate of drug-likeness (QED) is 0.793. The third-order valence-electron chi connectivity index (χ3n) is 2.06. The minimum atomic E-state index is 0.784. The molecule has 0 fully saturated rings. The van der Waals surface area contributed by atoms with Gasteiger partial charge in [-0.3, -0.25) is 0 Å². The Morgan fingerprint density at radius 2 is 2.20 bits per heavy atom. The third kappa shape index (κ3) is 2.28. The molecule has 0 unspecified atom stereocenters. The summed E-state index contributed by atoms with van der Waals surface area (Å²) in [5.74, 6) is 0.887. The number of halogens is 1. The first-order valence-electron chi connectivity index (χ1n) is 4.35. The highest BCUT2D eigenvalue weighted by Gasteiger charge is 2.07. The van der Waals surface area contributed by atoms with Crippen LogP contribution in [-0.4, -0.2) is 16.5 Å². The van der Waals surface area contributed by atoms with Crippen molar-refractivity contribution in [3.05, 3.63) is 27.6 Å². The fourth-order valence-corrected chi connectivity index (χ4v) is 2.54. The first kappa shape index (κ1) is 10.8. The van der Waals surface area contributed by atoms with Gasteiger partial charge < -0.3 is 4.74 Å². The Bertz CT molecular complexity index is 484. The maximum absolute atomic E-state index is 5.27. The van der Waals surface area contributed by atoms with E-state index in [9.17, 15) is 0 Å². The molecule has 5 heteroatoms. The van der Waals surface area contributed by atoms with Crippen molar-refractivity contribution in [1.82, 2.24) is 9.36 Å². The Morgan fingerprint density at radius 1 is 1.40 bits per heavy atom. The number of methoxy groups -OCH3 is 1. The highest BCUT2D eigenvalue weighted by atomic mass is 127. The Balaban J connectivity index is 2.45. The van der Waals surface area contributed by atoms with Gasteiger partial charge in [-0.25, -0.2) is 4.98 Å². The van der Waals surface area contributed by atoms with Gasteiger partial charge in [0.25, 0.3) is 0 Å². The first-order valence-corrected chi connectivity index (χ1v) is 6.20. The first-order chi connectivity index (χ1) is 7.20. The minimum absolute atomic E-state index is 0.784. The fourth-order valence-electron chi connectivity index (χ4n) is 1.28. The van der Waals surface area contributed by atoms with Crippen molar-refractivity contribution in [2.45, 2.75) is 6.92 Å². The van der Waals surface area contributed by atoms with Crippen molar-refractivity contribution in [2.75, 3.05) is 7.11 Å². The minimum Gasteiger partial charge on any atom is -0.496 e. The van der Waals surface area contributed by atoms with Gasteiger partial charge in [-0.15, -0.1) is 0 Å². The van der Waals surface area contributed by atoms with Gasteiger partial charge in [0.1, 0.15) is 10.8 Å². The molecular weight excluding hydrogens is 323 g/mol. The molecule has 0 N–H and O–H groups in total. The summed E-state index contributed by atoms with van der Waals surface area (Å²) in [6.07, 6.45) is 0. The standard InChI is InChI=1S/C10H9IN2OS/c1-6-3-4-7(5-8(6)14-2)9-12-10(11)13-15-9/h3-5H,1-2H3. The van der Waals surface area contributed by atoms with Crippen LogP contribution in [0.1, 0.15) is 5.56 Å². The van der Waals surface area contributed by atoms with Crippen molar-refractivity contribution in [3.63, 3.8) is 0 Å². The van der Waals surface area contributed by atoms with Gasteiger partial charge in [0, 0.05) is 28.2 Å². The molecule has 2 aromatic rings. The van der Waals surface area contributed by atoms with Crippen LogP contribution in [0.25, 0.3) is 10.6 Å². The molecule has 0 aliphatic rings. The highest BCUT2D eigenvalue weighted by Crippen LogP contribution is 2.27. The van der Waals surface area contributed by atoms with E-state index >= 15 is 0 Å². The van der Waals surface area contributed by atoms with Crippen LogP contribution in [0.15, 0.2) is 18.2 Å². The molecule has 0 radical (unpaired) electrons. The predicted molar refractivity (Wildman–Crippen MR) is 69.4 cm³/mol. The largest absolute Gasteiger partial charge is 0.496 e. The summed E-state index contributed by atoms with van der Waals surface area (Å²) >= 11 is 3.51. The normalized spacial score (nSPS) is 10.3. The Morgan fingerprint density at radius 3 is 2.80 bits per heavy atom. The third-order valence-corrected chi connectivity index (χ3v) is 3.63. The second-order valence-corrected chi connectivity index (χ2v) is 4.77. The maximum Gasteiger partial charge on any atom is 0.203 e. The van der Waals surface area contributed by atoms with E-state index in [1.165, 1.54) is 11.5 Å². The van der Waals surface area contributed by atoms with Crippen LogP contribution in [0.4, 0.5) is 0 Å². The van der Waals surface area contributed by atoms with E-state index in [0.717, 1.165) is 25.7 Å². The van der Waals surface area contributed by atoms with E-state index in [1.54, 1.807) is 7.11 Å². The van der Waals surface area contributed by atoms with Crippen LogP contribution in [0.2, 0.25) is 0 Å². The second kappa shape index (κ2) is 4.44. The van der Waals surface area contributed by atoms with Crippen molar-refractivity contribution < 1.29 is 4.74 Å². The molecule has 0 amide bonds. The number of nitrogens with zero attached hydrogens (tertiary/aromatic N) is 2. The van der Waals surface area contributed by atoms with Gasteiger partial charge >= 0.3 is 0 Å². The Kier molecular flexibility index (Phi) is 3.20. The molecule has 0 aliphatic carbocycles. The topological polar surface area (TPSA) is 35.0 Å². The number of hydrogen-bond acceptors (Lipinski definition) is 4. The highest BCUT2D eigenvalue weighted by molar-refractivity contribution is 14.1. The molecule has 1 aromatic heterocycles. The molecular formula is C10H9IN2OS. The van der Waals surface area contributed by atoms with Gasteiger partial charge in [0.2, 0.25) is 3.83 Å². The Hall–Kier alpha value is -0.690. The van der Waals surface area contributed by atoms with E-state index in [0.29, 0.717) is 0 Å². The van der Waals surface area contributed by atoms with Crippen LogP contribution in [-0.2, 0) is 0 Å². The summed E-state index contributed by atoms with van der Waals surface area (Å²) in [6.45, 7) is 2.02. The molecule has 0 spiro atoms. The van der Waals surface area contributed by atoms with Gasteiger partial charge in [0.15, 0.2) is 0 Å². The van der Waals surface area contributed by atoms with Crippen molar-refractivity contribution in [3.8, 4) is 16.3 Å². The lowest BCUT2D eigenvalue weighted by Crippen LogP contribution is -1.87. The predicted octanol–water partition coefficient (Wildman–Crippen LogP) is 3.13. The van der Waals surface area contributed by atoms with Crippen LogP contribution >= 0.6 is 34.1 Å². The number of hydrogen-bond donors (Lipinski definition) is 0. The summed E-state index contributed by atoms with van der Waals surface area (Å²) in [4.78, 5) is 4.32. The summed E-state index contributed by atoms with van der Waals surface area (Å²) < 4.78 is 10.2. The number of aromatic nitrogens is 2. The lowest BCUT2D eigenvalue weighted by molar-refractivity contribution is 0.412. The molecule has 0 aliphatic heterocycles. The number of aryl methyl sites for hydroxylation is 1. The van der Waals surface area contributed by atoms with E-state index in [-0.39, 0.29) is 0 Å². The number of rotatable bonds is 2. The van der Waals surface area contributed by atoms with Crippen LogP contribution in [0.5, 0.6) is 5.75 Å². The van der Waals surface area contributed by atoms with Gasteiger partial charge in [-0.1, -0.05) is 12.1 Å². The zero-order chi connectivity index (χ0) is 10.8. The summed E-state index contributed by atoms with van der Waals surface area (Å²) in [6, 6.07) is 6.06. The van der Waals surface area contributed by atoms with Gasteiger partial charge in [-0.05, 0) is 30.1 Å². The van der Waals surface area contributed by atoms with Crippen molar-refractivity contribution >= 4 is 34.1 Å². The molecule has 78 valence electrons. The lowest BCUT2D eigenvalue weighted by atomic mass is 10.1.